The van der Waals surface area contributed by atoms with Gasteiger partial charge in [-0.2, -0.15) is 25.1 Å². The molecule has 1 aliphatic carbocycles. The molecule has 3 aromatic rings. The summed E-state index contributed by atoms with van der Waals surface area (Å²) in [4.78, 5) is 10.2. The lowest BCUT2D eigenvalue weighted by Gasteiger charge is -2.25. The van der Waals surface area contributed by atoms with Crippen molar-refractivity contribution in [1.82, 2.24) is 34.7 Å². The van der Waals surface area contributed by atoms with Crippen molar-refractivity contribution < 1.29 is 4.74 Å². The zero-order valence-electron chi connectivity index (χ0n) is 15.9. The standard InChI is InChI=1S/C16H16B3BrN8O/c1-15(2,28-22-5-6-23-28)11-7-12(27(26-11)16(17,18)19)24-14-21-8-10(20)13(25-14)29-9-3-4-9/h5-9H,3-4H2,1-2H3,(H,21,24,25). The summed E-state index contributed by atoms with van der Waals surface area (Å²) < 4.78 is 7.72. The van der Waals surface area contributed by atoms with E-state index in [1.165, 1.54) is 9.48 Å². The highest BCUT2D eigenvalue weighted by Gasteiger charge is 2.31. The number of aromatic nitrogens is 7. The summed E-state index contributed by atoms with van der Waals surface area (Å²) in [5.74, 6) is 1.15. The summed E-state index contributed by atoms with van der Waals surface area (Å²) in [6.07, 6.45) is 7.01. The Bertz CT molecular complexity index is 1010. The van der Waals surface area contributed by atoms with Gasteiger partial charge in [0, 0.05) is 6.07 Å². The summed E-state index contributed by atoms with van der Waals surface area (Å²) in [5, 5.41) is 14.2. The van der Waals surface area contributed by atoms with Crippen LogP contribution in [0.15, 0.2) is 29.1 Å². The Balaban J connectivity index is 1.69. The number of halogens is 1. The molecule has 29 heavy (non-hydrogen) atoms. The molecule has 1 N–H and O–H groups in total. The van der Waals surface area contributed by atoms with Crippen LogP contribution in [0.25, 0.3) is 0 Å². The predicted molar refractivity (Wildman–Crippen MR) is 113 cm³/mol. The van der Waals surface area contributed by atoms with Crippen LogP contribution >= 0.6 is 15.9 Å². The number of hydrogen-bond donors (Lipinski definition) is 1. The fraction of sp³-hybridized carbons (Fsp3) is 0.438. The zero-order chi connectivity index (χ0) is 20.8. The van der Waals surface area contributed by atoms with Crippen molar-refractivity contribution in [3.8, 4) is 5.88 Å². The Morgan fingerprint density at radius 2 is 1.90 bits per heavy atom. The normalized spacial score (nSPS) is 14.7. The molecule has 0 aromatic carbocycles. The van der Waals surface area contributed by atoms with Gasteiger partial charge in [0.05, 0.1) is 52.3 Å². The van der Waals surface area contributed by atoms with Gasteiger partial charge >= 0.3 is 0 Å². The van der Waals surface area contributed by atoms with Gasteiger partial charge in [-0.1, -0.05) is 0 Å². The minimum atomic E-state index is -1.75. The molecule has 0 aliphatic heterocycles. The molecule has 1 saturated carbocycles. The topological polar surface area (TPSA) is 95.6 Å². The molecule has 142 valence electrons. The number of hydrogen-bond acceptors (Lipinski definition) is 7. The third-order valence-electron chi connectivity index (χ3n) is 4.38. The lowest BCUT2D eigenvalue weighted by atomic mass is 9.49. The van der Waals surface area contributed by atoms with Crippen molar-refractivity contribution >= 4 is 51.2 Å². The van der Waals surface area contributed by atoms with Crippen LogP contribution in [0.1, 0.15) is 32.4 Å². The summed E-state index contributed by atoms with van der Waals surface area (Å²) >= 11 is 3.40. The Kier molecular flexibility index (Phi) is 4.96. The van der Waals surface area contributed by atoms with E-state index >= 15 is 0 Å². The highest BCUT2D eigenvalue weighted by Crippen LogP contribution is 2.32. The number of anilines is 2. The molecular weight excluding hydrogens is 433 g/mol. The van der Waals surface area contributed by atoms with Crippen molar-refractivity contribution in [2.75, 3.05) is 5.32 Å². The van der Waals surface area contributed by atoms with Gasteiger partial charge in [0.25, 0.3) is 0 Å². The molecule has 9 nitrogen and oxygen atoms in total. The van der Waals surface area contributed by atoms with Crippen molar-refractivity contribution in [3.05, 3.63) is 34.8 Å². The van der Waals surface area contributed by atoms with Gasteiger partial charge in [-0.25, -0.2) is 4.98 Å². The number of ether oxygens (including phenoxy) is 1. The molecule has 13 heteroatoms. The fourth-order valence-electron chi connectivity index (χ4n) is 2.62. The van der Waals surface area contributed by atoms with Crippen molar-refractivity contribution in [2.45, 2.75) is 43.6 Å². The summed E-state index contributed by atoms with van der Waals surface area (Å²) in [5.41, 5.74) is -0.0921. The average Bonchev–Trinajstić information content (AvgIpc) is 3.11. The summed E-state index contributed by atoms with van der Waals surface area (Å²) in [7, 11) is 17.8. The van der Waals surface area contributed by atoms with Crippen LogP contribution in [-0.4, -0.2) is 64.4 Å². The molecular formula is C16H16B3BrN8O. The highest BCUT2D eigenvalue weighted by atomic mass is 79.9. The van der Waals surface area contributed by atoms with E-state index in [1.807, 2.05) is 13.8 Å². The minimum absolute atomic E-state index is 0.193. The van der Waals surface area contributed by atoms with E-state index in [9.17, 15) is 0 Å². The van der Waals surface area contributed by atoms with E-state index in [4.69, 9.17) is 28.3 Å². The van der Waals surface area contributed by atoms with E-state index in [1.54, 1.807) is 24.7 Å². The Morgan fingerprint density at radius 1 is 1.21 bits per heavy atom. The second-order valence-corrected chi connectivity index (χ2v) is 8.23. The molecule has 0 unspecified atom stereocenters. The molecule has 6 radical (unpaired) electrons. The van der Waals surface area contributed by atoms with Gasteiger partial charge in [0.15, 0.2) is 0 Å². The van der Waals surface area contributed by atoms with Gasteiger partial charge < -0.3 is 10.1 Å². The summed E-state index contributed by atoms with van der Waals surface area (Å²) in [6, 6.07) is 1.75. The van der Waals surface area contributed by atoms with E-state index < -0.39 is 10.8 Å². The molecule has 1 fully saturated rings. The van der Waals surface area contributed by atoms with Crippen molar-refractivity contribution in [2.24, 2.45) is 0 Å². The molecule has 0 saturated heterocycles. The minimum Gasteiger partial charge on any atom is -0.473 e. The fourth-order valence-corrected chi connectivity index (χ4v) is 2.91. The molecule has 0 spiro atoms. The van der Waals surface area contributed by atoms with Crippen LogP contribution in [0.4, 0.5) is 11.8 Å². The molecule has 0 atom stereocenters. The van der Waals surface area contributed by atoms with Crippen LogP contribution in [0.2, 0.25) is 0 Å². The zero-order valence-corrected chi connectivity index (χ0v) is 17.5. The maximum Gasteiger partial charge on any atom is 0.233 e. The first-order valence-corrected chi connectivity index (χ1v) is 9.74. The smallest absolute Gasteiger partial charge is 0.233 e. The molecule has 3 aromatic heterocycles. The highest BCUT2D eigenvalue weighted by molar-refractivity contribution is 9.10. The Labute approximate surface area is 180 Å². The van der Waals surface area contributed by atoms with Crippen LogP contribution in [0.5, 0.6) is 5.88 Å². The van der Waals surface area contributed by atoms with Gasteiger partial charge in [0.2, 0.25) is 11.8 Å². The quantitative estimate of drug-likeness (QED) is 0.542. The van der Waals surface area contributed by atoms with Crippen LogP contribution in [0.3, 0.4) is 0 Å². The number of rotatable bonds is 7. The maximum atomic E-state index is 5.92. The van der Waals surface area contributed by atoms with E-state index in [0.717, 1.165) is 12.8 Å². The average molecular weight is 449 g/mol. The Morgan fingerprint density at radius 3 is 2.52 bits per heavy atom. The molecule has 4 rings (SSSR count). The number of nitrogens with one attached hydrogen (secondary N) is 1. The van der Waals surface area contributed by atoms with E-state index in [0.29, 0.717) is 21.9 Å². The van der Waals surface area contributed by atoms with Gasteiger partial charge in [-0.05, 0) is 47.9 Å². The Hall–Kier alpha value is -2.30. The lowest BCUT2D eigenvalue weighted by Crippen LogP contribution is -2.38. The van der Waals surface area contributed by atoms with Gasteiger partial charge in [0.1, 0.15) is 17.5 Å². The van der Waals surface area contributed by atoms with Crippen LogP contribution in [0, 0.1) is 0 Å². The van der Waals surface area contributed by atoms with Gasteiger partial charge in [-0.3, -0.25) is 4.68 Å². The third kappa shape index (κ3) is 4.19. The van der Waals surface area contributed by atoms with Crippen LogP contribution < -0.4 is 10.1 Å². The van der Waals surface area contributed by atoms with E-state index in [-0.39, 0.29) is 12.1 Å². The van der Waals surface area contributed by atoms with Crippen molar-refractivity contribution in [3.63, 3.8) is 0 Å². The first kappa shape index (κ1) is 20.0. The molecule has 0 amide bonds. The second-order valence-electron chi connectivity index (χ2n) is 7.38. The molecule has 0 bridgehead atoms. The lowest BCUT2D eigenvalue weighted by molar-refractivity contribution is 0.289. The second kappa shape index (κ2) is 7.19. The largest absolute Gasteiger partial charge is 0.473 e. The van der Waals surface area contributed by atoms with E-state index in [2.05, 4.69) is 46.5 Å². The SMILES string of the molecule is [B]C([B])([B])n1nc(C(C)(C)n2nccn2)cc1Nc1ncc(Br)c(OC2CC2)n1. The first-order chi connectivity index (χ1) is 13.6. The molecule has 1 aliphatic rings. The predicted octanol–water partition coefficient (Wildman–Crippen LogP) is 1.17. The maximum absolute atomic E-state index is 5.92. The molecule has 3 heterocycles. The van der Waals surface area contributed by atoms with Gasteiger partial charge in [-0.15, -0.1) is 0 Å². The summed E-state index contributed by atoms with van der Waals surface area (Å²) in [6.45, 7) is 3.82. The monoisotopic (exact) mass is 448 g/mol. The number of nitrogens with zero attached hydrogens (tertiary/aromatic N) is 7. The van der Waals surface area contributed by atoms with Crippen LogP contribution in [-0.2, 0) is 10.8 Å². The third-order valence-corrected chi connectivity index (χ3v) is 4.92. The first-order valence-electron chi connectivity index (χ1n) is 8.95. The van der Waals surface area contributed by atoms with Crippen molar-refractivity contribution in [1.29, 1.82) is 0 Å².